The van der Waals surface area contributed by atoms with Gasteiger partial charge in [-0.25, -0.2) is 0 Å². The Balaban J connectivity index is 1.98. The third-order valence-electron chi connectivity index (χ3n) is 6.04. The molecule has 6 heteroatoms. The molecule has 6 nitrogen and oxygen atoms in total. The molecule has 1 atom stereocenters. The van der Waals surface area contributed by atoms with Crippen LogP contribution in [-0.4, -0.2) is 16.5 Å². The lowest BCUT2D eigenvalue weighted by molar-refractivity contribution is -0.385. The van der Waals surface area contributed by atoms with Crippen LogP contribution in [0.2, 0.25) is 0 Å². The molecule has 0 spiro atoms. The number of benzene rings is 1. The Bertz CT molecular complexity index is 1010. The van der Waals surface area contributed by atoms with E-state index >= 15 is 0 Å². The molecule has 0 radical (unpaired) electrons. The molecule has 0 N–H and O–H groups in total. The largest absolute Gasteiger partial charge is 0.458 e. The number of ketones is 2. The van der Waals surface area contributed by atoms with Crippen LogP contribution in [0.3, 0.4) is 0 Å². The van der Waals surface area contributed by atoms with E-state index in [1.165, 1.54) is 6.07 Å². The molecule has 4 rings (SSSR count). The molecule has 1 aliphatic heterocycles. The third-order valence-corrected chi connectivity index (χ3v) is 6.04. The summed E-state index contributed by atoms with van der Waals surface area (Å²) >= 11 is 0. The quantitative estimate of drug-likeness (QED) is 0.520. The van der Waals surface area contributed by atoms with Crippen molar-refractivity contribution in [2.75, 3.05) is 0 Å². The summed E-state index contributed by atoms with van der Waals surface area (Å²) in [6.07, 6.45) is 1.79. The fourth-order valence-electron chi connectivity index (χ4n) is 4.94. The van der Waals surface area contributed by atoms with Gasteiger partial charge in [-0.1, -0.05) is 45.9 Å². The molecule has 0 aromatic heterocycles. The van der Waals surface area contributed by atoms with Crippen LogP contribution in [-0.2, 0) is 14.3 Å². The van der Waals surface area contributed by atoms with Crippen LogP contribution >= 0.6 is 0 Å². The molecule has 0 fully saturated rings. The van der Waals surface area contributed by atoms with Crippen molar-refractivity contribution >= 4 is 17.3 Å². The standard InChI is InChI=1S/C23H25NO5/c1-22(2)9-14-19(13-7-5-6-8-15(13)24(27)28)20-16(25)10-23(3,4)12-18(20)29-21(14)17(26)11-22/h5-8,19H,9-12H2,1-4H3/t19-/m1/s1. The zero-order chi connectivity index (χ0) is 21.1. The van der Waals surface area contributed by atoms with Crippen LogP contribution in [0.15, 0.2) is 46.9 Å². The summed E-state index contributed by atoms with van der Waals surface area (Å²) in [4.78, 5) is 37.5. The normalized spacial score (nSPS) is 25.3. The second-order valence-corrected chi connectivity index (χ2v) is 9.92. The Kier molecular flexibility index (Phi) is 4.30. The van der Waals surface area contributed by atoms with Crippen LogP contribution < -0.4 is 0 Å². The summed E-state index contributed by atoms with van der Waals surface area (Å²) in [5, 5.41) is 11.8. The van der Waals surface area contributed by atoms with Crippen molar-refractivity contribution in [1.29, 1.82) is 0 Å². The van der Waals surface area contributed by atoms with Gasteiger partial charge < -0.3 is 4.74 Å². The van der Waals surface area contributed by atoms with E-state index < -0.39 is 10.8 Å². The minimum atomic E-state index is -0.609. The number of rotatable bonds is 2. The molecule has 0 bridgehead atoms. The second-order valence-electron chi connectivity index (χ2n) is 9.92. The Labute approximate surface area is 169 Å². The van der Waals surface area contributed by atoms with Gasteiger partial charge in [0.25, 0.3) is 5.69 Å². The van der Waals surface area contributed by atoms with Crippen molar-refractivity contribution in [3.8, 4) is 0 Å². The molecule has 29 heavy (non-hydrogen) atoms. The number of hydrogen-bond donors (Lipinski definition) is 0. The highest BCUT2D eigenvalue weighted by Crippen LogP contribution is 2.54. The average molecular weight is 395 g/mol. The van der Waals surface area contributed by atoms with Gasteiger partial charge in [0.1, 0.15) is 5.76 Å². The zero-order valence-corrected chi connectivity index (χ0v) is 17.2. The highest BCUT2D eigenvalue weighted by molar-refractivity contribution is 6.03. The third kappa shape index (κ3) is 3.30. The zero-order valence-electron chi connectivity index (χ0n) is 17.2. The summed E-state index contributed by atoms with van der Waals surface area (Å²) in [5.74, 6) is 0.0319. The van der Waals surface area contributed by atoms with Crippen molar-refractivity contribution < 1.29 is 19.2 Å². The van der Waals surface area contributed by atoms with E-state index in [0.29, 0.717) is 48.2 Å². The minimum absolute atomic E-state index is 0.0356. The predicted molar refractivity (Wildman–Crippen MR) is 107 cm³/mol. The van der Waals surface area contributed by atoms with E-state index in [4.69, 9.17) is 4.74 Å². The van der Waals surface area contributed by atoms with E-state index in [2.05, 4.69) is 0 Å². The van der Waals surface area contributed by atoms with Gasteiger partial charge >= 0.3 is 0 Å². The van der Waals surface area contributed by atoms with Crippen molar-refractivity contribution in [2.24, 2.45) is 10.8 Å². The van der Waals surface area contributed by atoms with Gasteiger partial charge in [-0.05, 0) is 22.8 Å². The van der Waals surface area contributed by atoms with E-state index in [0.717, 1.165) is 0 Å². The monoisotopic (exact) mass is 395 g/mol. The molecule has 0 saturated carbocycles. The lowest BCUT2D eigenvalue weighted by atomic mass is 9.65. The number of nitro benzene ring substituents is 1. The number of Topliss-reactive ketones (excluding diaryl/α,β-unsaturated/α-hetero) is 2. The number of para-hydroxylation sites is 1. The van der Waals surface area contributed by atoms with Crippen LogP contribution in [0, 0.1) is 20.9 Å². The Morgan fingerprint density at radius 2 is 1.59 bits per heavy atom. The summed E-state index contributed by atoms with van der Waals surface area (Å²) in [5.41, 5.74) is 1.04. The Hall–Kier alpha value is -2.76. The van der Waals surface area contributed by atoms with E-state index in [1.54, 1.807) is 18.2 Å². The SMILES string of the molecule is CC1(C)CC(=O)C2=C(C1)OC1=C(CC(C)(C)CC1=O)[C@H]2c1ccccc1[N+](=O)[O-]. The maximum Gasteiger partial charge on any atom is 0.273 e. The summed E-state index contributed by atoms with van der Waals surface area (Å²) in [6, 6.07) is 6.51. The van der Waals surface area contributed by atoms with Gasteiger partial charge in [-0.2, -0.15) is 0 Å². The maximum absolute atomic E-state index is 13.2. The first kappa shape index (κ1) is 19.6. The van der Waals surface area contributed by atoms with Crippen molar-refractivity contribution in [3.63, 3.8) is 0 Å². The van der Waals surface area contributed by atoms with Crippen molar-refractivity contribution in [1.82, 2.24) is 0 Å². The Morgan fingerprint density at radius 1 is 0.966 bits per heavy atom. The first-order valence-corrected chi connectivity index (χ1v) is 9.93. The van der Waals surface area contributed by atoms with Gasteiger partial charge in [0, 0.05) is 42.4 Å². The summed E-state index contributed by atoms with van der Waals surface area (Å²) in [7, 11) is 0. The maximum atomic E-state index is 13.2. The van der Waals surface area contributed by atoms with Crippen LogP contribution in [0.5, 0.6) is 0 Å². The number of allylic oxidation sites excluding steroid dienone is 4. The lowest BCUT2D eigenvalue weighted by Gasteiger charge is -2.42. The molecular weight excluding hydrogens is 370 g/mol. The van der Waals surface area contributed by atoms with Crippen LogP contribution in [0.1, 0.15) is 64.9 Å². The smallest absolute Gasteiger partial charge is 0.273 e. The molecule has 1 aromatic rings. The molecule has 2 aliphatic carbocycles. The molecular formula is C23H25NO5. The van der Waals surface area contributed by atoms with Crippen molar-refractivity contribution in [2.45, 2.75) is 59.3 Å². The van der Waals surface area contributed by atoms with Gasteiger partial charge in [0.05, 0.1) is 4.92 Å². The molecule has 0 unspecified atom stereocenters. The van der Waals surface area contributed by atoms with Gasteiger partial charge in [0.15, 0.2) is 17.3 Å². The van der Waals surface area contributed by atoms with Crippen LogP contribution in [0.4, 0.5) is 5.69 Å². The predicted octanol–water partition coefficient (Wildman–Crippen LogP) is 5.00. The number of hydrogen-bond acceptors (Lipinski definition) is 5. The molecule has 1 aromatic carbocycles. The van der Waals surface area contributed by atoms with E-state index in [-0.39, 0.29) is 33.8 Å². The average Bonchev–Trinajstić information content (AvgIpc) is 2.59. The minimum Gasteiger partial charge on any atom is -0.458 e. The van der Waals surface area contributed by atoms with Gasteiger partial charge in [-0.3, -0.25) is 19.7 Å². The van der Waals surface area contributed by atoms with E-state index in [1.807, 2.05) is 27.7 Å². The number of ether oxygens (including phenoxy) is 1. The topological polar surface area (TPSA) is 86.5 Å². The van der Waals surface area contributed by atoms with E-state index in [9.17, 15) is 19.7 Å². The second kappa shape index (κ2) is 6.37. The fourth-order valence-corrected chi connectivity index (χ4v) is 4.94. The lowest BCUT2D eigenvalue weighted by Crippen LogP contribution is -2.37. The number of nitro groups is 1. The van der Waals surface area contributed by atoms with Crippen molar-refractivity contribution in [3.05, 3.63) is 62.6 Å². The highest BCUT2D eigenvalue weighted by atomic mass is 16.6. The summed E-state index contributed by atoms with van der Waals surface area (Å²) in [6.45, 7) is 7.99. The molecule has 1 heterocycles. The molecule has 152 valence electrons. The van der Waals surface area contributed by atoms with Gasteiger partial charge in [-0.15, -0.1) is 0 Å². The first-order valence-electron chi connectivity index (χ1n) is 9.93. The van der Waals surface area contributed by atoms with Gasteiger partial charge in [0.2, 0.25) is 0 Å². The van der Waals surface area contributed by atoms with Crippen LogP contribution in [0.25, 0.3) is 0 Å². The fraction of sp³-hybridized carbons (Fsp3) is 0.478. The number of nitrogens with zero attached hydrogens (tertiary/aromatic N) is 1. The first-order chi connectivity index (χ1) is 13.5. The summed E-state index contributed by atoms with van der Waals surface area (Å²) < 4.78 is 6.08. The molecule has 0 amide bonds. The molecule has 3 aliphatic rings. The Morgan fingerprint density at radius 3 is 2.28 bits per heavy atom. The number of carbonyl (C=O) groups excluding carboxylic acids is 2. The highest BCUT2D eigenvalue weighted by Gasteiger charge is 2.48. The molecule has 0 saturated heterocycles. The number of carbonyl (C=O) groups is 2.